The highest BCUT2D eigenvalue weighted by atomic mass is 35.5. The number of carboxylic acids is 1. The van der Waals surface area contributed by atoms with E-state index < -0.39 is 19.2 Å². The maximum absolute atomic E-state index is 11.1. The molecule has 0 aliphatic heterocycles. The molecular weight excluding hydrogens is 313 g/mol. The number of hydrogen-bond donors (Lipinski definition) is 3. The summed E-state index contributed by atoms with van der Waals surface area (Å²) < 4.78 is 12.8. The third-order valence-corrected chi connectivity index (χ3v) is 3.69. The predicted octanol–water partition coefficient (Wildman–Crippen LogP) is -2.85. The molecule has 1 heterocycles. The van der Waals surface area contributed by atoms with Crippen molar-refractivity contribution in [3.63, 3.8) is 0 Å². The van der Waals surface area contributed by atoms with Gasteiger partial charge < -0.3 is 27.3 Å². The summed E-state index contributed by atoms with van der Waals surface area (Å²) in [6.07, 6.45) is 3.13. The first kappa shape index (κ1) is 18.1. The normalized spacial score (nSPS) is 12.3. The average molecular weight is 326 g/mol. The summed E-state index contributed by atoms with van der Waals surface area (Å²) in [5.41, 5.74) is -1.19. The van der Waals surface area contributed by atoms with Crippen molar-refractivity contribution in [1.29, 1.82) is 0 Å². The van der Waals surface area contributed by atoms with Gasteiger partial charge in [-0.25, -0.2) is 4.57 Å². The summed E-state index contributed by atoms with van der Waals surface area (Å²) in [6.45, 7) is 0.469. The summed E-state index contributed by atoms with van der Waals surface area (Å²) in [5.74, 6) is -1.51. The molecule has 0 saturated carbocycles. The number of carbonyl (C=O) groups is 1. The zero-order chi connectivity index (χ0) is 13.8. The number of rotatable bonds is 6. The van der Waals surface area contributed by atoms with Gasteiger partial charge in [-0.15, -0.1) is 0 Å². The second kappa shape index (κ2) is 7.67. The van der Waals surface area contributed by atoms with Crippen LogP contribution in [0.3, 0.4) is 0 Å². The summed E-state index contributed by atoms with van der Waals surface area (Å²) in [4.78, 5) is 28.8. The van der Waals surface area contributed by atoms with Gasteiger partial charge in [-0.1, -0.05) is 12.2 Å². The van der Waals surface area contributed by atoms with Gasteiger partial charge >= 0.3 is 13.6 Å². The standard InChI is InChI=1S/C10H12NO5PS.ClH/c12-10(13)9(17(14,15)16)6-8-2-1-3-11(7-8)4-5-18;/h1-3,5,7,9H,4,6H2,(H2-,12,13,14,15,16);1H. The molecule has 0 amide bonds. The number of nitrogens with zero attached hydrogens (tertiary/aromatic N) is 1. The summed E-state index contributed by atoms with van der Waals surface area (Å²) >= 11 is 4.70. The van der Waals surface area contributed by atoms with Crippen LogP contribution in [0.5, 0.6) is 0 Å². The quantitative estimate of drug-likeness (QED) is 0.296. The molecule has 1 aromatic rings. The SMILES string of the molecule is O=C(O)C(Cc1ccc[n+](CC=S)c1)P(=O)(O)O.[Cl-]. The molecule has 0 fully saturated rings. The Kier molecular flexibility index (Phi) is 7.33. The molecule has 19 heavy (non-hydrogen) atoms. The summed E-state index contributed by atoms with van der Waals surface area (Å²) in [6, 6.07) is 3.29. The molecule has 1 unspecified atom stereocenters. The van der Waals surface area contributed by atoms with Gasteiger partial charge in [0, 0.05) is 23.4 Å². The maximum Gasteiger partial charge on any atom is 0.340 e. The van der Waals surface area contributed by atoms with Gasteiger partial charge in [-0.3, -0.25) is 9.36 Å². The van der Waals surface area contributed by atoms with Crippen LogP contribution in [0.1, 0.15) is 5.56 Å². The number of thiocarbonyl (C=S) groups is 1. The second-order valence-corrected chi connectivity index (χ2v) is 5.86. The van der Waals surface area contributed by atoms with E-state index in [1.54, 1.807) is 29.1 Å². The number of hydrogen-bond acceptors (Lipinski definition) is 3. The van der Waals surface area contributed by atoms with E-state index in [1.165, 1.54) is 5.37 Å². The summed E-state index contributed by atoms with van der Waals surface area (Å²) in [7, 11) is -4.67. The molecule has 0 aromatic carbocycles. The molecule has 106 valence electrons. The van der Waals surface area contributed by atoms with Crippen LogP contribution in [0, 0.1) is 0 Å². The highest BCUT2D eigenvalue weighted by Crippen LogP contribution is 2.42. The number of pyridine rings is 1. The molecule has 0 bridgehead atoms. The Hall–Kier alpha value is -0.850. The smallest absolute Gasteiger partial charge is 0.340 e. The third-order valence-electron chi connectivity index (χ3n) is 2.32. The fourth-order valence-corrected chi connectivity index (χ4v) is 2.38. The minimum atomic E-state index is -4.67. The molecule has 0 radical (unpaired) electrons. The Bertz CT molecular complexity index is 506. The first-order valence-electron chi connectivity index (χ1n) is 5.04. The first-order valence-corrected chi connectivity index (χ1v) is 7.19. The Morgan fingerprint density at radius 3 is 2.63 bits per heavy atom. The Balaban J connectivity index is 0.00000324. The van der Waals surface area contributed by atoms with Crippen molar-refractivity contribution in [3.8, 4) is 0 Å². The van der Waals surface area contributed by atoms with Crippen LogP contribution in [-0.4, -0.2) is 31.9 Å². The molecular formula is C10H13ClNO5PS. The van der Waals surface area contributed by atoms with Crippen molar-refractivity contribution in [2.45, 2.75) is 18.6 Å². The molecule has 0 aliphatic carbocycles. The number of carboxylic acid groups (broad SMARTS) is 1. The van der Waals surface area contributed by atoms with Gasteiger partial charge in [0.25, 0.3) is 0 Å². The van der Waals surface area contributed by atoms with E-state index in [0.717, 1.165) is 0 Å². The lowest BCUT2D eigenvalue weighted by Gasteiger charge is -2.13. The van der Waals surface area contributed by atoms with Crippen molar-refractivity contribution < 1.29 is 41.2 Å². The minimum absolute atomic E-state index is 0. The fraction of sp³-hybridized carbons (Fsp3) is 0.300. The van der Waals surface area contributed by atoms with Crippen LogP contribution in [0.2, 0.25) is 0 Å². The Morgan fingerprint density at radius 2 is 2.16 bits per heavy atom. The molecule has 0 spiro atoms. The van der Waals surface area contributed by atoms with E-state index in [-0.39, 0.29) is 18.8 Å². The highest BCUT2D eigenvalue weighted by Gasteiger charge is 2.36. The molecule has 1 atom stereocenters. The van der Waals surface area contributed by atoms with Gasteiger partial charge in [0.05, 0.1) is 0 Å². The van der Waals surface area contributed by atoms with E-state index in [2.05, 4.69) is 0 Å². The Labute approximate surface area is 121 Å². The van der Waals surface area contributed by atoms with Crippen molar-refractivity contribution in [2.75, 3.05) is 0 Å². The maximum atomic E-state index is 11.1. The predicted molar refractivity (Wildman–Crippen MR) is 67.5 cm³/mol. The average Bonchev–Trinajstić information content (AvgIpc) is 2.25. The van der Waals surface area contributed by atoms with E-state index in [0.29, 0.717) is 12.1 Å². The van der Waals surface area contributed by atoms with E-state index in [4.69, 9.17) is 27.1 Å². The van der Waals surface area contributed by atoms with Crippen molar-refractivity contribution in [1.82, 2.24) is 0 Å². The topological polar surface area (TPSA) is 98.7 Å². The second-order valence-electron chi connectivity index (χ2n) is 3.72. The summed E-state index contributed by atoms with van der Waals surface area (Å²) in [5, 5.41) is 10.3. The third kappa shape index (κ3) is 5.76. The molecule has 9 heteroatoms. The highest BCUT2D eigenvalue weighted by molar-refractivity contribution is 7.78. The molecule has 1 rings (SSSR count). The lowest BCUT2D eigenvalue weighted by atomic mass is 10.1. The minimum Gasteiger partial charge on any atom is -1.00 e. The number of aromatic nitrogens is 1. The van der Waals surface area contributed by atoms with Gasteiger partial charge in [0.2, 0.25) is 0 Å². The van der Waals surface area contributed by atoms with Gasteiger partial charge in [0.1, 0.15) is 0 Å². The van der Waals surface area contributed by atoms with Crippen molar-refractivity contribution in [3.05, 3.63) is 30.1 Å². The molecule has 6 nitrogen and oxygen atoms in total. The molecule has 0 aliphatic rings. The number of aliphatic carboxylic acids is 1. The number of halogens is 1. The van der Waals surface area contributed by atoms with Crippen molar-refractivity contribution in [2.24, 2.45) is 0 Å². The Morgan fingerprint density at radius 1 is 1.53 bits per heavy atom. The van der Waals surface area contributed by atoms with Crippen LogP contribution in [0.15, 0.2) is 24.5 Å². The van der Waals surface area contributed by atoms with Crippen LogP contribution < -0.4 is 17.0 Å². The zero-order valence-electron chi connectivity index (χ0n) is 9.72. The van der Waals surface area contributed by atoms with E-state index in [9.17, 15) is 9.36 Å². The van der Waals surface area contributed by atoms with Gasteiger partial charge in [0.15, 0.2) is 24.6 Å². The van der Waals surface area contributed by atoms with E-state index in [1.807, 2.05) is 0 Å². The van der Waals surface area contributed by atoms with Crippen LogP contribution in [0.4, 0.5) is 0 Å². The monoisotopic (exact) mass is 325 g/mol. The molecule has 3 N–H and O–H groups in total. The van der Waals surface area contributed by atoms with Crippen LogP contribution in [0.25, 0.3) is 0 Å². The van der Waals surface area contributed by atoms with Gasteiger partial charge in [-0.05, 0) is 6.07 Å². The van der Waals surface area contributed by atoms with Crippen LogP contribution >= 0.6 is 19.8 Å². The molecule has 0 saturated heterocycles. The first-order chi connectivity index (χ1) is 8.34. The largest absolute Gasteiger partial charge is 1.00 e. The van der Waals surface area contributed by atoms with Crippen molar-refractivity contribution >= 4 is 31.2 Å². The lowest BCUT2D eigenvalue weighted by molar-refractivity contribution is -0.681. The molecule has 1 aromatic heterocycles. The zero-order valence-corrected chi connectivity index (χ0v) is 12.2. The van der Waals surface area contributed by atoms with Gasteiger partial charge in [-0.2, -0.15) is 0 Å². The lowest BCUT2D eigenvalue weighted by Crippen LogP contribution is -3.00. The van der Waals surface area contributed by atoms with Crippen LogP contribution in [-0.2, 0) is 22.3 Å². The van der Waals surface area contributed by atoms with E-state index >= 15 is 0 Å². The fourth-order valence-electron chi connectivity index (χ4n) is 1.47.